The number of hydrogen-bond acceptors (Lipinski definition) is 4. The monoisotopic (exact) mass is 462 g/mol. The highest BCUT2D eigenvalue weighted by Gasteiger charge is 2.27. The minimum absolute atomic E-state index is 0.0322. The van der Waals surface area contributed by atoms with Crippen molar-refractivity contribution in [1.29, 1.82) is 0 Å². The number of anilines is 1. The highest BCUT2D eigenvalue weighted by atomic mass is 32.2. The maximum Gasteiger partial charge on any atom is 0.234 e. The number of rotatable bonds is 8. The largest absolute Gasteiger partial charge is 0.348 e. The smallest absolute Gasteiger partial charge is 0.234 e. The van der Waals surface area contributed by atoms with Crippen LogP contribution in [0.25, 0.3) is 0 Å². The number of benzene rings is 2. The van der Waals surface area contributed by atoms with Crippen LogP contribution in [0, 0.1) is 6.92 Å². The highest BCUT2D eigenvalue weighted by Crippen LogP contribution is 2.30. The summed E-state index contributed by atoms with van der Waals surface area (Å²) in [6, 6.07) is 17.9. The molecule has 0 saturated carbocycles. The van der Waals surface area contributed by atoms with Gasteiger partial charge in [-0.25, -0.2) is 0 Å². The summed E-state index contributed by atoms with van der Waals surface area (Å²) in [7, 11) is 0. The summed E-state index contributed by atoms with van der Waals surface area (Å²) >= 11 is 1.35. The molecule has 7 heteroatoms. The van der Waals surface area contributed by atoms with Crippen LogP contribution < -0.4 is 10.6 Å². The maximum absolute atomic E-state index is 12.8. The van der Waals surface area contributed by atoms with Gasteiger partial charge in [0.25, 0.3) is 0 Å². The van der Waals surface area contributed by atoms with Crippen molar-refractivity contribution in [2.24, 2.45) is 0 Å². The summed E-state index contributed by atoms with van der Waals surface area (Å²) in [6.45, 7) is 4.59. The van der Waals surface area contributed by atoms with Gasteiger partial charge >= 0.3 is 0 Å². The van der Waals surface area contributed by atoms with Crippen molar-refractivity contribution < 1.29 is 9.59 Å². The van der Waals surface area contributed by atoms with E-state index in [4.69, 9.17) is 0 Å². The Balaban J connectivity index is 1.30. The molecule has 1 aliphatic rings. The summed E-state index contributed by atoms with van der Waals surface area (Å²) in [5.74, 6) is 0.0790. The van der Waals surface area contributed by atoms with Crippen molar-refractivity contribution in [1.82, 2.24) is 15.1 Å². The van der Waals surface area contributed by atoms with Gasteiger partial charge in [0.1, 0.15) is 0 Å². The number of carbonyl (C=O) groups excluding carboxylic acids is 2. The molecular formula is C26H30N4O2S. The van der Waals surface area contributed by atoms with Gasteiger partial charge in [-0.2, -0.15) is 5.10 Å². The molecule has 6 nitrogen and oxygen atoms in total. The van der Waals surface area contributed by atoms with Gasteiger partial charge in [-0.3, -0.25) is 14.3 Å². The van der Waals surface area contributed by atoms with E-state index < -0.39 is 0 Å². The van der Waals surface area contributed by atoms with Gasteiger partial charge in [0.2, 0.25) is 11.8 Å². The van der Waals surface area contributed by atoms with Crippen molar-refractivity contribution in [2.45, 2.75) is 50.9 Å². The Morgan fingerprint density at radius 2 is 1.91 bits per heavy atom. The van der Waals surface area contributed by atoms with Gasteiger partial charge in [0, 0.05) is 16.9 Å². The van der Waals surface area contributed by atoms with Gasteiger partial charge in [0.15, 0.2) is 0 Å². The minimum atomic E-state index is -0.321. The Hall–Kier alpha value is -3.06. The first-order chi connectivity index (χ1) is 16.0. The van der Waals surface area contributed by atoms with Crippen molar-refractivity contribution in [3.05, 3.63) is 83.2 Å². The zero-order valence-corrected chi connectivity index (χ0v) is 19.9. The predicted octanol–water partition coefficient (Wildman–Crippen LogP) is 4.49. The van der Waals surface area contributed by atoms with Gasteiger partial charge in [-0.05, 0) is 50.8 Å². The molecule has 2 unspecified atom stereocenters. The maximum atomic E-state index is 12.8. The molecule has 0 bridgehead atoms. The van der Waals surface area contributed by atoms with E-state index in [0.29, 0.717) is 0 Å². The fourth-order valence-corrected chi connectivity index (χ4v) is 4.75. The number of nitrogens with one attached hydrogen (secondary N) is 2. The molecule has 1 aromatic heterocycles. The van der Waals surface area contributed by atoms with Gasteiger partial charge < -0.3 is 10.6 Å². The minimum Gasteiger partial charge on any atom is -0.348 e. The number of thioether (sulfide) groups is 1. The van der Waals surface area contributed by atoms with Crippen molar-refractivity contribution in [2.75, 3.05) is 11.1 Å². The number of nitrogens with zero attached hydrogens (tertiary/aromatic N) is 2. The average molecular weight is 463 g/mol. The molecular weight excluding hydrogens is 432 g/mol. The van der Waals surface area contributed by atoms with E-state index in [1.54, 1.807) is 0 Å². The molecule has 0 radical (unpaired) electrons. The van der Waals surface area contributed by atoms with E-state index >= 15 is 0 Å². The number of fused-ring (bicyclic) bond motifs is 1. The average Bonchev–Trinajstić information content (AvgIpc) is 3.23. The van der Waals surface area contributed by atoms with Crippen molar-refractivity contribution in [3.8, 4) is 0 Å². The van der Waals surface area contributed by atoms with E-state index in [2.05, 4.69) is 32.5 Å². The van der Waals surface area contributed by atoms with Crippen LogP contribution in [0.1, 0.15) is 48.2 Å². The van der Waals surface area contributed by atoms with Crippen LogP contribution in [0.15, 0.2) is 60.8 Å². The Morgan fingerprint density at radius 1 is 1.15 bits per heavy atom. The molecule has 2 aromatic carbocycles. The lowest BCUT2D eigenvalue weighted by molar-refractivity contribution is -0.121. The summed E-state index contributed by atoms with van der Waals surface area (Å²) in [4.78, 5) is 25.1. The third-order valence-electron chi connectivity index (χ3n) is 5.92. The number of aryl methyl sites for hydroxylation is 1. The Kier molecular flexibility index (Phi) is 7.50. The third kappa shape index (κ3) is 6.05. The van der Waals surface area contributed by atoms with E-state index in [-0.39, 0.29) is 28.9 Å². The lowest BCUT2D eigenvalue weighted by Crippen LogP contribution is -2.36. The summed E-state index contributed by atoms with van der Waals surface area (Å²) in [5, 5.41) is 10.4. The molecule has 2 amide bonds. The normalized spacial score (nSPS) is 16.0. The topological polar surface area (TPSA) is 76.0 Å². The second kappa shape index (κ2) is 10.7. The highest BCUT2D eigenvalue weighted by molar-refractivity contribution is 8.01. The fourth-order valence-electron chi connectivity index (χ4n) is 4.06. The second-order valence-corrected chi connectivity index (χ2v) is 9.84. The molecule has 2 atom stereocenters. The summed E-state index contributed by atoms with van der Waals surface area (Å²) < 4.78 is 2.05. The van der Waals surface area contributed by atoms with Crippen LogP contribution >= 0.6 is 11.8 Å². The molecule has 2 N–H and O–H groups in total. The van der Waals surface area contributed by atoms with Gasteiger partial charge in [-0.1, -0.05) is 48.0 Å². The molecule has 0 saturated heterocycles. The van der Waals surface area contributed by atoms with Gasteiger partial charge in [-0.15, -0.1) is 11.8 Å². The third-order valence-corrected chi connectivity index (χ3v) is 7.07. The van der Waals surface area contributed by atoms with Crippen LogP contribution in [-0.2, 0) is 22.6 Å². The fraction of sp³-hybridized carbons (Fsp3) is 0.346. The lowest BCUT2D eigenvalue weighted by Gasteiger charge is -2.25. The van der Waals surface area contributed by atoms with E-state index in [1.165, 1.54) is 23.0 Å². The molecule has 4 rings (SSSR count). The Labute approximate surface area is 199 Å². The first-order valence-electron chi connectivity index (χ1n) is 11.4. The summed E-state index contributed by atoms with van der Waals surface area (Å²) in [5.41, 5.74) is 5.44. The number of carbonyl (C=O) groups is 2. The van der Waals surface area contributed by atoms with Crippen molar-refractivity contribution >= 4 is 29.3 Å². The Morgan fingerprint density at radius 3 is 2.67 bits per heavy atom. The molecule has 0 fully saturated rings. The molecule has 1 aliphatic carbocycles. The first kappa shape index (κ1) is 23.1. The van der Waals surface area contributed by atoms with Crippen molar-refractivity contribution in [3.63, 3.8) is 0 Å². The standard InChI is InChI=1S/C26H30N4O2S/c1-18-11-13-21(14-12-18)28-25(31)17-33-19(2)26(32)29-23-9-6-10-24-22(23)15-27-30(24)16-20-7-4-3-5-8-20/h3-5,7-8,11-15,19,23H,6,9-10,16-17H2,1-2H3,(H,28,31)(H,29,32). The summed E-state index contributed by atoms with van der Waals surface area (Å²) in [6.07, 6.45) is 4.78. The van der Waals surface area contributed by atoms with E-state index in [9.17, 15) is 9.59 Å². The van der Waals surface area contributed by atoms with Crippen LogP contribution in [0.2, 0.25) is 0 Å². The number of aromatic nitrogens is 2. The molecule has 0 spiro atoms. The first-order valence-corrected chi connectivity index (χ1v) is 12.4. The van der Waals surface area contributed by atoms with Crippen LogP contribution in [-0.4, -0.2) is 32.6 Å². The van der Waals surface area contributed by atoms with Crippen LogP contribution in [0.5, 0.6) is 0 Å². The quantitative estimate of drug-likeness (QED) is 0.517. The zero-order chi connectivity index (χ0) is 23.2. The van der Waals surface area contributed by atoms with Gasteiger partial charge in [0.05, 0.1) is 29.8 Å². The van der Waals surface area contributed by atoms with E-state index in [0.717, 1.165) is 42.6 Å². The second-order valence-electron chi connectivity index (χ2n) is 8.51. The molecule has 33 heavy (non-hydrogen) atoms. The lowest BCUT2D eigenvalue weighted by atomic mass is 9.92. The Bertz CT molecular complexity index is 1100. The SMILES string of the molecule is Cc1ccc(NC(=O)CSC(C)C(=O)NC2CCCc3c2cnn3Cc2ccccc2)cc1. The number of hydrogen-bond donors (Lipinski definition) is 2. The molecule has 3 aromatic rings. The molecule has 0 aliphatic heterocycles. The predicted molar refractivity (Wildman–Crippen MR) is 133 cm³/mol. The molecule has 172 valence electrons. The number of amides is 2. The molecule has 1 heterocycles. The van der Waals surface area contributed by atoms with E-state index in [1.807, 2.05) is 62.5 Å². The zero-order valence-electron chi connectivity index (χ0n) is 19.1. The van der Waals surface area contributed by atoms with Crippen LogP contribution in [0.3, 0.4) is 0 Å². The van der Waals surface area contributed by atoms with Crippen LogP contribution in [0.4, 0.5) is 5.69 Å².